The summed E-state index contributed by atoms with van der Waals surface area (Å²) < 4.78 is 66.6. The lowest BCUT2D eigenvalue weighted by Gasteiger charge is -2.29. The third kappa shape index (κ3) is 3.11. The summed E-state index contributed by atoms with van der Waals surface area (Å²) in [5.74, 6) is -0.242. The second-order valence-corrected chi connectivity index (χ2v) is 5.44. The maximum atomic E-state index is 12.0. The van der Waals surface area contributed by atoms with Crippen LogP contribution >= 0.6 is 0 Å². The molecule has 0 amide bonds. The Morgan fingerprint density at radius 2 is 2.00 bits per heavy atom. The van der Waals surface area contributed by atoms with Crippen molar-refractivity contribution in [3.05, 3.63) is 11.8 Å². The fourth-order valence-corrected chi connectivity index (χ4v) is 1.66. The zero-order chi connectivity index (χ0) is 12.6. The first-order chi connectivity index (χ1) is 7.04. The van der Waals surface area contributed by atoms with Crippen molar-refractivity contribution >= 4 is 10.1 Å². The van der Waals surface area contributed by atoms with Crippen LogP contribution < -0.4 is 0 Å². The molecule has 0 aromatic heterocycles. The second-order valence-electron chi connectivity index (χ2n) is 3.90. The van der Waals surface area contributed by atoms with E-state index in [9.17, 15) is 21.6 Å². The molecule has 1 heterocycles. The van der Waals surface area contributed by atoms with E-state index in [1.165, 1.54) is 6.08 Å². The van der Waals surface area contributed by atoms with E-state index in [0.29, 0.717) is 0 Å². The van der Waals surface area contributed by atoms with Gasteiger partial charge in [0.1, 0.15) is 5.76 Å². The van der Waals surface area contributed by atoms with Gasteiger partial charge in [0.05, 0.1) is 12.2 Å². The lowest BCUT2D eigenvalue weighted by Crippen LogP contribution is -2.32. The van der Waals surface area contributed by atoms with E-state index in [0.717, 1.165) is 0 Å². The van der Waals surface area contributed by atoms with Crippen molar-refractivity contribution in [2.45, 2.75) is 31.4 Å². The second kappa shape index (κ2) is 3.92. The zero-order valence-electron chi connectivity index (χ0n) is 8.67. The molecule has 0 unspecified atom stereocenters. The van der Waals surface area contributed by atoms with E-state index in [4.69, 9.17) is 4.74 Å². The predicted molar refractivity (Wildman–Crippen MR) is 48.8 cm³/mol. The van der Waals surface area contributed by atoms with Gasteiger partial charge in [-0.25, -0.2) is 0 Å². The van der Waals surface area contributed by atoms with Crippen LogP contribution in [0, 0.1) is 0 Å². The van der Waals surface area contributed by atoms with Crippen LogP contribution in [0.25, 0.3) is 0 Å². The number of hydrogen-bond acceptors (Lipinski definition) is 4. The van der Waals surface area contributed by atoms with Crippen LogP contribution in [-0.2, 0) is 19.0 Å². The van der Waals surface area contributed by atoms with E-state index in [1.54, 1.807) is 13.8 Å². The average Bonchev–Trinajstić information content (AvgIpc) is 1.98. The van der Waals surface area contributed by atoms with Crippen LogP contribution in [0.5, 0.6) is 0 Å². The third-order valence-corrected chi connectivity index (χ3v) is 2.89. The Bertz CT molecular complexity index is 394. The molecule has 1 aliphatic heterocycles. The fourth-order valence-electron chi connectivity index (χ4n) is 1.15. The Kier molecular flexibility index (Phi) is 3.26. The Hall–Kier alpha value is -0.760. The first kappa shape index (κ1) is 13.3. The maximum Gasteiger partial charge on any atom is 0.534 e. The number of ether oxygens (including phenoxy) is 1. The topological polar surface area (TPSA) is 52.6 Å². The molecular weight excluding hydrogens is 249 g/mol. The van der Waals surface area contributed by atoms with Crippen molar-refractivity contribution < 1.29 is 30.5 Å². The van der Waals surface area contributed by atoms with Gasteiger partial charge >= 0.3 is 15.6 Å². The van der Waals surface area contributed by atoms with Crippen molar-refractivity contribution in [3.63, 3.8) is 0 Å². The molecule has 4 nitrogen and oxygen atoms in total. The van der Waals surface area contributed by atoms with Gasteiger partial charge < -0.3 is 8.92 Å². The van der Waals surface area contributed by atoms with Crippen molar-refractivity contribution in [1.29, 1.82) is 0 Å². The molecule has 0 saturated carbocycles. The van der Waals surface area contributed by atoms with E-state index in [1.807, 2.05) is 0 Å². The van der Waals surface area contributed by atoms with E-state index < -0.39 is 21.2 Å². The van der Waals surface area contributed by atoms with E-state index >= 15 is 0 Å². The fraction of sp³-hybridized carbons (Fsp3) is 0.750. The molecule has 0 bridgehead atoms. The molecule has 1 rings (SSSR count). The number of alkyl halides is 3. The predicted octanol–water partition coefficient (Wildman–Crippen LogP) is 1.94. The molecule has 0 aromatic rings. The Morgan fingerprint density at radius 1 is 1.44 bits per heavy atom. The van der Waals surface area contributed by atoms with Crippen molar-refractivity contribution in [3.8, 4) is 0 Å². The largest absolute Gasteiger partial charge is 0.534 e. The highest BCUT2D eigenvalue weighted by Crippen LogP contribution is 2.31. The van der Waals surface area contributed by atoms with Crippen LogP contribution in [0.4, 0.5) is 13.2 Å². The minimum atomic E-state index is -5.57. The van der Waals surface area contributed by atoms with Crippen LogP contribution in [0.3, 0.4) is 0 Å². The summed E-state index contributed by atoms with van der Waals surface area (Å²) in [5.41, 5.74) is -6.14. The lowest BCUT2D eigenvalue weighted by molar-refractivity contribution is -0.0556. The first-order valence-electron chi connectivity index (χ1n) is 4.37. The van der Waals surface area contributed by atoms with E-state index in [2.05, 4.69) is 4.18 Å². The molecular formula is C8H11F3O4S. The smallest absolute Gasteiger partial charge is 0.381 e. The van der Waals surface area contributed by atoms with Gasteiger partial charge in [0, 0.05) is 6.42 Å². The summed E-state index contributed by atoms with van der Waals surface area (Å²) in [7, 11) is -5.57. The summed E-state index contributed by atoms with van der Waals surface area (Å²) in [5, 5.41) is 0. The molecule has 0 fully saturated rings. The van der Waals surface area contributed by atoms with Crippen LogP contribution in [-0.4, -0.2) is 26.1 Å². The Balaban J connectivity index is 2.81. The van der Waals surface area contributed by atoms with Crippen LogP contribution in [0.1, 0.15) is 20.3 Å². The minimum Gasteiger partial charge on any atom is -0.381 e. The van der Waals surface area contributed by atoms with Gasteiger partial charge in [-0.05, 0) is 19.9 Å². The van der Waals surface area contributed by atoms with E-state index in [-0.39, 0.29) is 18.8 Å². The molecule has 16 heavy (non-hydrogen) atoms. The summed E-state index contributed by atoms with van der Waals surface area (Å²) >= 11 is 0. The summed E-state index contributed by atoms with van der Waals surface area (Å²) in [4.78, 5) is 0. The number of rotatable bonds is 2. The highest BCUT2D eigenvalue weighted by Gasteiger charge is 2.49. The number of halogens is 3. The molecule has 0 spiro atoms. The first-order valence-corrected chi connectivity index (χ1v) is 5.78. The minimum absolute atomic E-state index is 0.0235. The quantitative estimate of drug-likeness (QED) is 0.562. The molecule has 94 valence electrons. The van der Waals surface area contributed by atoms with Gasteiger partial charge in [0.25, 0.3) is 0 Å². The van der Waals surface area contributed by atoms with Gasteiger partial charge in [-0.15, -0.1) is 0 Å². The summed E-state index contributed by atoms with van der Waals surface area (Å²) in [6.45, 7) is 3.28. The van der Waals surface area contributed by atoms with Crippen LogP contribution in [0.15, 0.2) is 11.8 Å². The lowest BCUT2D eigenvalue weighted by atomic mass is 10.0. The summed E-state index contributed by atoms with van der Waals surface area (Å²) in [6.07, 6.45) is 1.15. The molecule has 8 heteroatoms. The Morgan fingerprint density at radius 3 is 2.44 bits per heavy atom. The molecule has 0 atom stereocenters. The third-order valence-electron chi connectivity index (χ3n) is 1.89. The van der Waals surface area contributed by atoms with Crippen molar-refractivity contribution in [2.75, 3.05) is 6.61 Å². The molecule has 0 N–H and O–H groups in total. The summed E-state index contributed by atoms with van der Waals surface area (Å²) in [6, 6.07) is 0. The standard InChI is InChI=1S/C8H11F3O4S/c1-7(2)5-6(3-4-14-7)15-16(12,13)8(9,10)11/h3H,4-5H2,1-2H3. The Labute approximate surface area is 91.2 Å². The van der Waals surface area contributed by atoms with Gasteiger partial charge in [0.15, 0.2) is 0 Å². The highest BCUT2D eigenvalue weighted by atomic mass is 32.2. The molecule has 1 aliphatic rings. The molecule has 0 radical (unpaired) electrons. The zero-order valence-corrected chi connectivity index (χ0v) is 9.48. The van der Waals surface area contributed by atoms with Gasteiger partial charge in [-0.3, -0.25) is 0 Å². The van der Waals surface area contributed by atoms with Gasteiger partial charge in [0.2, 0.25) is 0 Å². The van der Waals surface area contributed by atoms with Crippen molar-refractivity contribution in [1.82, 2.24) is 0 Å². The van der Waals surface area contributed by atoms with Gasteiger partial charge in [-0.2, -0.15) is 21.6 Å². The average molecular weight is 260 g/mol. The highest BCUT2D eigenvalue weighted by molar-refractivity contribution is 7.87. The SMILES string of the molecule is CC1(C)CC(OS(=O)(=O)C(F)(F)F)=CCO1. The molecule has 0 saturated heterocycles. The van der Waals surface area contributed by atoms with Crippen molar-refractivity contribution in [2.24, 2.45) is 0 Å². The normalized spacial score (nSPS) is 21.4. The molecule has 0 aromatic carbocycles. The molecule has 0 aliphatic carbocycles. The van der Waals surface area contributed by atoms with Crippen LogP contribution in [0.2, 0.25) is 0 Å². The maximum absolute atomic E-state index is 12.0. The van der Waals surface area contributed by atoms with Gasteiger partial charge in [-0.1, -0.05) is 0 Å². The number of hydrogen-bond donors (Lipinski definition) is 0. The monoisotopic (exact) mass is 260 g/mol.